The van der Waals surface area contributed by atoms with Crippen LogP contribution in [0.1, 0.15) is 0 Å². The molecule has 0 atom stereocenters. The Bertz CT molecular complexity index is 263. The average Bonchev–Trinajstić information content (AvgIpc) is 2.60. The van der Waals surface area contributed by atoms with Crippen LogP contribution in [0.15, 0.2) is 30.7 Å². The molecule has 4 nitrogen and oxygen atoms in total. The lowest BCUT2D eigenvalue weighted by molar-refractivity contribution is 1.09. The number of rotatable bonds is 2. The minimum atomic E-state index is 0.824. The van der Waals surface area contributed by atoms with Gasteiger partial charge in [0, 0.05) is 24.7 Å². The van der Waals surface area contributed by atoms with Gasteiger partial charge in [-0.3, -0.25) is 5.10 Å². The standard InChI is InChI=1S/C7H8N4/c1-3-8-5-6(1)10-7-2-4-9-11-7/h1-5,8H,(H2,9,10,11). The van der Waals surface area contributed by atoms with Crippen molar-refractivity contribution < 1.29 is 0 Å². The molecule has 2 rings (SSSR count). The molecular formula is C7H8N4. The third-order valence-electron chi connectivity index (χ3n) is 1.37. The lowest BCUT2D eigenvalue weighted by Crippen LogP contribution is -1.87. The van der Waals surface area contributed by atoms with Gasteiger partial charge in [-0.25, -0.2) is 0 Å². The predicted molar refractivity (Wildman–Crippen MR) is 42.7 cm³/mol. The lowest BCUT2D eigenvalue weighted by atomic mass is 10.5. The van der Waals surface area contributed by atoms with E-state index in [9.17, 15) is 0 Å². The summed E-state index contributed by atoms with van der Waals surface area (Å²) in [5.41, 5.74) is 1.01. The van der Waals surface area contributed by atoms with Gasteiger partial charge in [0.25, 0.3) is 0 Å². The molecule has 0 aliphatic carbocycles. The molecule has 0 aliphatic heterocycles. The molecule has 2 heterocycles. The Kier molecular flexibility index (Phi) is 1.37. The zero-order valence-corrected chi connectivity index (χ0v) is 5.83. The summed E-state index contributed by atoms with van der Waals surface area (Å²) in [5, 5.41) is 9.75. The van der Waals surface area contributed by atoms with E-state index < -0.39 is 0 Å². The maximum absolute atomic E-state index is 3.94. The molecule has 56 valence electrons. The van der Waals surface area contributed by atoms with E-state index >= 15 is 0 Å². The van der Waals surface area contributed by atoms with E-state index in [2.05, 4.69) is 20.5 Å². The Labute approximate surface area is 63.6 Å². The second-order valence-corrected chi connectivity index (χ2v) is 2.18. The number of nitrogens with zero attached hydrogens (tertiary/aromatic N) is 1. The summed E-state index contributed by atoms with van der Waals surface area (Å²) >= 11 is 0. The first kappa shape index (κ1) is 6.03. The van der Waals surface area contributed by atoms with Crippen LogP contribution in [0.2, 0.25) is 0 Å². The van der Waals surface area contributed by atoms with E-state index in [1.54, 1.807) is 6.20 Å². The third kappa shape index (κ3) is 1.24. The number of hydrogen-bond acceptors (Lipinski definition) is 2. The third-order valence-corrected chi connectivity index (χ3v) is 1.37. The Morgan fingerprint density at radius 1 is 1.27 bits per heavy atom. The SMILES string of the molecule is c1cc(Nc2cc[nH]n2)c[nH]1. The molecule has 2 aromatic heterocycles. The number of aromatic amines is 2. The molecule has 0 saturated carbocycles. The van der Waals surface area contributed by atoms with E-state index in [1.165, 1.54) is 0 Å². The smallest absolute Gasteiger partial charge is 0.152 e. The van der Waals surface area contributed by atoms with Gasteiger partial charge in [-0.2, -0.15) is 5.10 Å². The molecule has 11 heavy (non-hydrogen) atoms. The van der Waals surface area contributed by atoms with E-state index in [0.29, 0.717) is 0 Å². The highest BCUT2D eigenvalue weighted by atomic mass is 15.2. The lowest BCUT2D eigenvalue weighted by Gasteiger charge is -1.95. The zero-order valence-electron chi connectivity index (χ0n) is 5.83. The van der Waals surface area contributed by atoms with Crippen LogP contribution in [-0.4, -0.2) is 15.2 Å². The molecule has 3 N–H and O–H groups in total. The van der Waals surface area contributed by atoms with Crippen LogP contribution in [0.4, 0.5) is 11.5 Å². The molecule has 0 amide bonds. The van der Waals surface area contributed by atoms with Crippen LogP contribution in [0.5, 0.6) is 0 Å². The summed E-state index contributed by atoms with van der Waals surface area (Å²) in [7, 11) is 0. The molecule has 0 aromatic carbocycles. The number of aromatic nitrogens is 3. The van der Waals surface area contributed by atoms with Crippen molar-refractivity contribution >= 4 is 11.5 Å². The second kappa shape index (κ2) is 2.49. The summed E-state index contributed by atoms with van der Waals surface area (Å²) in [4.78, 5) is 2.94. The van der Waals surface area contributed by atoms with E-state index in [4.69, 9.17) is 0 Å². The van der Waals surface area contributed by atoms with Crippen molar-refractivity contribution in [2.45, 2.75) is 0 Å². The van der Waals surface area contributed by atoms with Gasteiger partial charge in [0.05, 0.1) is 5.69 Å². The highest BCUT2D eigenvalue weighted by Crippen LogP contribution is 2.10. The van der Waals surface area contributed by atoms with Crippen molar-refractivity contribution in [3.63, 3.8) is 0 Å². The average molecular weight is 148 g/mol. The van der Waals surface area contributed by atoms with Gasteiger partial charge in [0.2, 0.25) is 0 Å². The maximum atomic E-state index is 3.94. The Hall–Kier alpha value is -1.71. The molecule has 0 saturated heterocycles. The first-order valence-electron chi connectivity index (χ1n) is 3.35. The Morgan fingerprint density at radius 2 is 2.27 bits per heavy atom. The van der Waals surface area contributed by atoms with Gasteiger partial charge in [-0.1, -0.05) is 0 Å². The topological polar surface area (TPSA) is 56.5 Å². The van der Waals surface area contributed by atoms with Crippen LogP contribution >= 0.6 is 0 Å². The quantitative estimate of drug-likeness (QED) is 0.604. The molecule has 0 fully saturated rings. The van der Waals surface area contributed by atoms with Crippen LogP contribution < -0.4 is 5.32 Å². The Balaban J connectivity index is 2.14. The number of nitrogens with one attached hydrogen (secondary N) is 3. The molecule has 0 radical (unpaired) electrons. The normalized spacial score (nSPS) is 9.82. The Morgan fingerprint density at radius 3 is 2.91 bits per heavy atom. The molecule has 0 spiro atoms. The molecule has 4 heteroatoms. The van der Waals surface area contributed by atoms with E-state index in [1.807, 2.05) is 24.5 Å². The van der Waals surface area contributed by atoms with Crippen LogP contribution in [0.25, 0.3) is 0 Å². The zero-order chi connectivity index (χ0) is 7.52. The molecule has 0 bridgehead atoms. The summed E-state index contributed by atoms with van der Waals surface area (Å²) < 4.78 is 0. The minimum Gasteiger partial charge on any atom is -0.366 e. The first-order valence-corrected chi connectivity index (χ1v) is 3.35. The monoisotopic (exact) mass is 148 g/mol. The fourth-order valence-corrected chi connectivity index (χ4v) is 0.879. The van der Waals surface area contributed by atoms with Crippen LogP contribution in [0, 0.1) is 0 Å². The molecule has 0 aliphatic rings. The first-order chi connectivity index (χ1) is 5.45. The maximum Gasteiger partial charge on any atom is 0.152 e. The van der Waals surface area contributed by atoms with Crippen molar-refractivity contribution in [2.24, 2.45) is 0 Å². The fraction of sp³-hybridized carbons (Fsp3) is 0. The van der Waals surface area contributed by atoms with Gasteiger partial charge in [-0.15, -0.1) is 0 Å². The number of H-pyrrole nitrogens is 2. The highest BCUT2D eigenvalue weighted by Gasteiger charge is 1.93. The summed E-state index contributed by atoms with van der Waals surface area (Å²) in [6, 6.07) is 3.81. The van der Waals surface area contributed by atoms with Gasteiger partial charge in [-0.05, 0) is 6.07 Å². The molecular weight excluding hydrogens is 140 g/mol. The summed E-state index contributed by atoms with van der Waals surface area (Å²) in [6.45, 7) is 0. The van der Waals surface area contributed by atoms with Crippen LogP contribution in [-0.2, 0) is 0 Å². The van der Waals surface area contributed by atoms with Crippen molar-refractivity contribution in [1.29, 1.82) is 0 Å². The number of anilines is 2. The van der Waals surface area contributed by atoms with Crippen molar-refractivity contribution in [3.05, 3.63) is 30.7 Å². The highest BCUT2D eigenvalue weighted by molar-refractivity contribution is 5.53. The number of hydrogen-bond donors (Lipinski definition) is 3. The van der Waals surface area contributed by atoms with E-state index in [0.717, 1.165) is 11.5 Å². The largest absolute Gasteiger partial charge is 0.366 e. The van der Waals surface area contributed by atoms with Gasteiger partial charge < -0.3 is 10.3 Å². The minimum absolute atomic E-state index is 0.824. The van der Waals surface area contributed by atoms with Gasteiger partial charge >= 0.3 is 0 Å². The van der Waals surface area contributed by atoms with Gasteiger partial charge in [0.1, 0.15) is 0 Å². The summed E-state index contributed by atoms with van der Waals surface area (Å²) in [5.74, 6) is 0.824. The fourth-order valence-electron chi connectivity index (χ4n) is 0.879. The van der Waals surface area contributed by atoms with E-state index in [-0.39, 0.29) is 0 Å². The van der Waals surface area contributed by atoms with Crippen molar-refractivity contribution in [1.82, 2.24) is 15.2 Å². The molecule has 2 aromatic rings. The second-order valence-electron chi connectivity index (χ2n) is 2.18. The summed E-state index contributed by atoms with van der Waals surface area (Å²) in [6.07, 6.45) is 5.50. The van der Waals surface area contributed by atoms with Gasteiger partial charge in [0.15, 0.2) is 5.82 Å². The predicted octanol–water partition coefficient (Wildman–Crippen LogP) is 1.48. The van der Waals surface area contributed by atoms with Crippen LogP contribution in [0.3, 0.4) is 0 Å². The van der Waals surface area contributed by atoms with Crippen molar-refractivity contribution in [3.8, 4) is 0 Å². The molecule has 0 unspecified atom stereocenters. The van der Waals surface area contributed by atoms with Crippen molar-refractivity contribution in [2.75, 3.05) is 5.32 Å².